The normalized spacial score (nSPS) is 13.7. The lowest BCUT2D eigenvalue weighted by Crippen LogP contribution is -2.37. The van der Waals surface area contributed by atoms with Gasteiger partial charge in [-0.05, 0) is 31.4 Å². The molecule has 134 valence electrons. The number of thiophene rings is 1. The minimum Gasteiger partial charge on any atom is -0.352 e. The van der Waals surface area contributed by atoms with Crippen molar-refractivity contribution in [2.24, 2.45) is 0 Å². The molecular formula is C19H20N4O2S. The van der Waals surface area contributed by atoms with Crippen molar-refractivity contribution in [3.8, 4) is 0 Å². The van der Waals surface area contributed by atoms with E-state index >= 15 is 0 Å². The van der Waals surface area contributed by atoms with Gasteiger partial charge in [-0.25, -0.2) is 0 Å². The monoisotopic (exact) mass is 368 g/mol. The average molecular weight is 368 g/mol. The van der Waals surface area contributed by atoms with E-state index in [2.05, 4.69) is 27.9 Å². The summed E-state index contributed by atoms with van der Waals surface area (Å²) in [6.07, 6.45) is 2.07. The van der Waals surface area contributed by atoms with Gasteiger partial charge in [-0.2, -0.15) is 5.10 Å². The summed E-state index contributed by atoms with van der Waals surface area (Å²) in [6.45, 7) is 2.62. The number of hydrogen-bond acceptors (Lipinski definition) is 4. The Morgan fingerprint density at radius 1 is 1.27 bits per heavy atom. The van der Waals surface area contributed by atoms with Gasteiger partial charge < -0.3 is 10.6 Å². The largest absolute Gasteiger partial charge is 0.352 e. The Labute approximate surface area is 155 Å². The third-order valence-electron chi connectivity index (χ3n) is 4.36. The first-order valence-electron chi connectivity index (χ1n) is 8.68. The summed E-state index contributed by atoms with van der Waals surface area (Å²) in [5.41, 5.74) is 2.06. The van der Waals surface area contributed by atoms with E-state index in [1.807, 2.05) is 35.9 Å². The van der Waals surface area contributed by atoms with E-state index in [-0.39, 0.29) is 18.4 Å². The summed E-state index contributed by atoms with van der Waals surface area (Å²) < 4.78 is 1.93. The van der Waals surface area contributed by atoms with Gasteiger partial charge in [0.2, 0.25) is 5.91 Å². The second kappa shape index (κ2) is 6.92. The fraction of sp³-hybridized carbons (Fsp3) is 0.316. The number of rotatable bonds is 6. The molecule has 0 spiro atoms. The summed E-state index contributed by atoms with van der Waals surface area (Å²) in [4.78, 5) is 25.7. The van der Waals surface area contributed by atoms with Crippen molar-refractivity contribution in [2.45, 2.75) is 32.4 Å². The van der Waals surface area contributed by atoms with E-state index in [1.165, 1.54) is 11.3 Å². The molecule has 4 rings (SSSR count). The van der Waals surface area contributed by atoms with Crippen molar-refractivity contribution in [1.29, 1.82) is 0 Å². The number of carbonyl (C=O) groups is 2. The van der Waals surface area contributed by atoms with E-state index in [4.69, 9.17) is 0 Å². The summed E-state index contributed by atoms with van der Waals surface area (Å²) in [6, 6.07) is 12.3. The van der Waals surface area contributed by atoms with Gasteiger partial charge in [-0.1, -0.05) is 30.3 Å². The van der Waals surface area contributed by atoms with Crippen molar-refractivity contribution in [1.82, 2.24) is 20.4 Å². The zero-order valence-electron chi connectivity index (χ0n) is 14.5. The summed E-state index contributed by atoms with van der Waals surface area (Å²) in [5.74, 6) is -0.351. The smallest absolute Gasteiger partial charge is 0.261 e. The second-order valence-corrected chi connectivity index (χ2v) is 7.61. The number of carbonyl (C=O) groups excluding carboxylic acids is 2. The van der Waals surface area contributed by atoms with Crippen LogP contribution in [-0.2, 0) is 11.3 Å². The number of hydrogen-bond donors (Lipinski definition) is 2. The highest BCUT2D eigenvalue weighted by molar-refractivity contribution is 7.20. The molecule has 1 aromatic carbocycles. The van der Waals surface area contributed by atoms with Crippen LogP contribution in [0.15, 0.2) is 36.4 Å². The molecule has 2 aromatic heterocycles. The molecule has 0 bridgehead atoms. The van der Waals surface area contributed by atoms with Gasteiger partial charge in [0.05, 0.1) is 23.7 Å². The van der Waals surface area contributed by atoms with Crippen molar-refractivity contribution in [3.63, 3.8) is 0 Å². The number of nitrogens with one attached hydrogen (secondary N) is 2. The lowest BCUT2D eigenvalue weighted by molar-refractivity contribution is -0.120. The third-order valence-corrected chi connectivity index (χ3v) is 5.51. The fourth-order valence-corrected chi connectivity index (χ4v) is 3.92. The predicted molar refractivity (Wildman–Crippen MR) is 101 cm³/mol. The topological polar surface area (TPSA) is 76.0 Å². The predicted octanol–water partition coefficient (Wildman–Crippen LogP) is 2.46. The van der Waals surface area contributed by atoms with Crippen LogP contribution in [0, 0.1) is 6.92 Å². The Kier molecular flexibility index (Phi) is 4.46. The molecular weight excluding hydrogens is 348 g/mol. The SMILES string of the molecule is Cc1nn(Cc2ccccc2)c2sc(C(=O)NCC(=O)NC3CC3)cc12. The molecule has 0 unspecified atom stereocenters. The molecule has 2 N–H and O–H groups in total. The highest BCUT2D eigenvalue weighted by Crippen LogP contribution is 2.28. The molecule has 3 aromatic rings. The number of aromatic nitrogens is 2. The van der Waals surface area contributed by atoms with Crippen LogP contribution in [0.3, 0.4) is 0 Å². The molecule has 2 heterocycles. The summed E-state index contributed by atoms with van der Waals surface area (Å²) >= 11 is 1.41. The lowest BCUT2D eigenvalue weighted by Gasteiger charge is -2.04. The summed E-state index contributed by atoms with van der Waals surface area (Å²) in [5, 5.41) is 11.1. The van der Waals surface area contributed by atoms with Crippen LogP contribution >= 0.6 is 11.3 Å². The van der Waals surface area contributed by atoms with Gasteiger partial charge in [0, 0.05) is 11.4 Å². The maximum Gasteiger partial charge on any atom is 0.261 e. The minimum atomic E-state index is -0.220. The quantitative estimate of drug-likeness (QED) is 0.702. The molecule has 1 saturated carbocycles. The molecule has 26 heavy (non-hydrogen) atoms. The van der Waals surface area contributed by atoms with Crippen LogP contribution in [0.4, 0.5) is 0 Å². The van der Waals surface area contributed by atoms with E-state index in [1.54, 1.807) is 0 Å². The van der Waals surface area contributed by atoms with Gasteiger partial charge in [-0.15, -0.1) is 11.3 Å². The van der Waals surface area contributed by atoms with Crippen LogP contribution in [0.5, 0.6) is 0 Å². The van der Waals surface area contributed by atoms with Crippen molar-refractivity contribution < 1.29 is 9.59 Å². The zero-order valence-corrected chi connectivity index (χ0v) is 15.3. The average Bonchev–Trinajstić information content (AvgIpc) is 3.25. The Hall–Kier alpha value is -2.67. The second-order valence-electron chi connectivity index (χ2n) is 6.58. The maximum atomic E-state index is 12.4. The molecule has 0 aliphatic heterocycles. The number of aryl methyl sites for hydroxylation is 1. The molecule has 6 nitrogen and oxygen atoms in total. The minimum absolute atomic E-state index is 0.0126. The zero-order chi connectivity index (χ0) is 18.1. The van der Waals surface area contributed by atoms with E-state index in [0.717, 1.165) is 34.3 Å². The van der Waals surface area contributed by atoms with Gasteiger partial charge >= 0.3 is 0 Å². The molecule has 1 fully saturated rings. The van der Waals surface area contributed by atoms with E-state index < -0.39 is 0 Å². The molecule has 1 aliphatic carbocycles. The first kappa shape index (κ1) is 16.8. The van der Waals surface area contributed by atoms with Crippen molar-refractivity contribution in [2.75, 3.05) is 6.54 Å². The number of fused-ring (bicyclic) bond motifs is 1. The van der Waals surface area contributed by atoms with Crippen LogP contribution in [0.1, 0.15) is 33.8 Å². The van der Waals surface area contributed by atoms with Gasteiger partial charge in [0.25, 0.3) is 5.91 Å². The fourth-order valence-electron chi connectivity index (χ4n) is 2.84. The van der Waals surface area contributed by atoms with Crippen molar-refractivity contribution in [3.05, 3.63) is 52.5 Å². The maximum absolute atomic E-state index is 12.4. The van der Waals surface area contributed by atoms with Crippen LogP contribution < -0.4 is 10.6 Å². The number of nitrogens with zero attached hydrogens (tertiary/aromatic N) is 2. The molecule has 7 heteroatoms. The van der Waals surface area contributed by atoms with Crippen LogP contribution in [0.25, 0.3) is 10.2 Å². The standard InChI is InChI=1S/C19H20N4O2S/c1-12-15-9-16(18(25)20-10-17(24)21-14-7-8-14)26-19(15)23(22-12)11-13-5-3-2-4-6-13/h2-6,9,14H,7-8,10-11H2,1H3,(H,20,25)(H,21,24). The molecule has 0 atom stereocenters. The summed E-state index contributed by atoms with van der Waals surface area (Å²) in [7, 11) is 0. The van der Waals surface area contributed by atoms with E-state index in [9.17, 15) is 9.59 Å². The highest BCUT2D eigenvalue weighted by Gasteiger charge is 2.23. The molecule has 1 aliphatic rings. The Balaban J connectivity index is 1.48. The first-order chi connectivity index (χ1) is 12.6. The highest BCUT2D eigenvalue weighted by atomic mass is 32.1. The molecule has 0 saturated heterocycles. The lowest BCUT2D eigenvalue weighted by atomic mass is 10.2. The number of amides is 2. The van der Waals surface area contributed by atoms with Gasteiger partial charge in [-0.3, -0.25) is 14.3 Å². The van der Waals surface area contributed by atoms with Gasteiger partial charge in [0.1, 0.15) is 4.83 Å². The van der Waals surface area contributed by atoms with Gasteiger partial charge in [0.15, 0.2) is 0 Å². The van der Waals surface area contributed by atoms with Crippen molar-refractivity contribution >= 4 is 33.4 Å². The Bertz CT molecular complexity index is 957. The molecule has 0 radical (unpaired) electrons. The molecule has 2 amide bonds. The Morgan fingerprint density at radius 3 is 2.77 bits per heavy atom. The Morgan fingerprint density at radius 2 is 2.04 bits per heavy atom. The van der Waals surface area contributed by atoms with Crippen LogP contribution in [-0.4, -0.2) is 34.2 Å². The van der Waals surface area contributed by atoms with E-state index in [0.29, 0.717) is 17.5 Å². The first-order valence-corrected chi connectivity index (χ1v) is 9.50. The number of benzene rings is 1. The van der Waals surface area contributed by atoms with Crippen LogP contribution in [0.2, 0.25) is 0 Å². The third kappa shape index (κ3) is 3.62.